The van der Waals surface area contributed by atoms with Crippen molar-refractivity contribution in [3.63, 3.8) is 0 Å². The lowest BCUT2D eigenvalue weighted by atomic mass is 9.81. The van der Waals surface area contributed by atoms with E-state index in [9.17, 15) is 32.1 Å². The average molecular weight is 1090 g/mol. The molecule has 10 rings (SSSR count). The van der Waals surface area contributed by atoms with Gasteiger partial charge in [0.05, 0.1) is 37.2 Å². The number of benzene rings is 5. The quantitative estimate of drug-likeness (QED) is 0.0751. The van der Waals surface area contributed by atoms with E-state index in [0.29, 0.717) is 101 Å². The first kappa shape index (κ1) is 52.5. The van der Waals surface area contributed by atoms with E-state index in [2.05, 4.69) is 16.0 Å². The van der Waals surface area contributed by atoms with Crippen molar-refractivity contribution in [2.75, 3.05) is 51.1 Å². The number of rotatable bonds is 14. The maximum Gasteiger partial charge on any atom is 0.407 e. The standard InChI is InChI=1S/C56H56Cl2N6O11S/c1-56(2)31-73-20-19-63(56)54(67)50-46-29-74-49-26-48(72-3)43(25-44(49)51(46)64(62-50)38-23-35(57)22-36(58)24-38)34-9-8-10-37(21-34)60-52(65)33-17-15-32(16-18-33)27-59-53(66)47(30-76(69,70)71)61-55(68)75-28-45-41-13-6-4-11-39(41)40-12-5-7-14-42(40)45/h4-14,21-26,32-33,45,47H,15-20,27-31H2,1-3H3,(H,59,66)(H,60,65)(H,61,68)(H,69,70,71)/t32?,33?,47-/m0/s1. The van der Waals surface area contributed by atoms with E-state index in [1.165, 1.54) is 0 Å². The largest absolute Gasteiger partial charge is 0.496 e. The molecule has 0 bridgehead atoms. The summed E-state index contributed by atoms with van der Waals surface area (Å²) >= 11 is 13.1. The minimum Gasteiger partial charge on any atom is -0.496 e. The van der Waals surface area contributed by atoms with Crippen LogP contribution in [0.2, 0.25) is 10.0 Å². The van der Waals surface area contributed by atoms with E-state index in [1.807, 2.05) is 86.6 Å². The van der Waals surface area contributed by atoms with Crippen LogP contribution < -0.4 is 25.4 Å². The number of hydrogen-bond donors (Lipinski definition) is 4. The Balaban J connectivity index is 0.793. The Labute approximate surface area is 449 Å². The molecule has 5 aromatic carbocycles. The lowest BCUT2D eigenvalue weighted by molar-refractivity contribution is -0.123. The molecule has 1 saturated heterocycles. The van der Waals surface area contributed by atoms with Crippen molar-refractivity contribution in [1.29, 1.82) is 0 Å². The number of hydrogen-bond acceptors (Lipinski definition) is 11. The number of halogens is 2. The number of morpholine rings is 1. The van der Waals surface area contributed by atoms with Gasteiger partial charge in [0.1, 0.15) is 36.5 Å². The molecule has 4 aliphatic rings. The number of carbonyl (C=O) groups excluding carboxylic acids is 4. The summed E-state index contributed by atoms with van der Waals surface area (Å²) in [6, 6.07) is 30.2. The van der Waals surface area contributed by atoms with Gasteiger partial charge in [-0.15, -0.1) is 0 Å². The maximum atomic E-state index is 14.4. The van der Waals surface area contributed by atoms with Crippen LogP contribution in [-0.2, 0) is 35.8 Å². The van der Waals surface area contributed by atoms with Crippen LogP contribution in [0, 0.1) is 11.8 Å². The molecule has 1 saturated carbocycles. The molecule has 20 heteroatoms. The Kier molecular flexibility index (Phi) is 14.9. The number of nitrogens with one attached hydrogen (secondary N) is 3. The zero-order valence-electron chi connectivity index (χ0n) is 41.9. The molecule has 396 valence electrons. The van der Waals surface area contributed by atoms with Gasteiger partial charge in [-0.25, -0.2) is 9.48 Å². The van der Waals surface area contributed by atoms with Crippen LogP contribution in [0.5, 0.6) is 11.5 Å². The van der Waals surface area contributed by atoms with Gasteiger partial charge in [-0.05, 0) is 110 Å². The number of fused-ring (bicyclic) bond motifs is 6. The third-order valence-corrected chi connectivity index (χ3v) is 15.8. The van der Waals surface area contributed by atoms with Crippen LogP contribution in [0.25, 0.3) is 39.2 Å². The summed E-state index contributed by atoms with van der Waals surface area (Å²) < 4.78 is 58.9. The van der Waals surface area contributed by atoms with Crippen LogP contribution >= 0.6 is 23.2 Å². The Morgan fingerprint density at radius 2 is 1.57 bits per heavy atom. The summed E-state index contributed by atoms with van der Waals surface area (Å²) in [7, 11) is -3.12. The fourth-order valence-electron chi connectivity index (χ4n) is 10.8. The number of aromatic nitrogens is 2. The Morgan fingerprint density at radius 3 is 2.24 bits per heavy atom. The van der Waals surface area contributed by atoms with E-state index >= 15 is 0 Å². The zero-order valence-corrected chi connectivity index (χ0v) is 44.3. The Morgan fingerprint density at radius 1 is 0.868 bits per heavy atom. The van der Waals surface area contributed by atoms with Gasteiger partial charge in [0.15, 0.2) is 5.69 Å². The number of amides is 4. The molecule has 2 fully saturated rings. The predicted octanol–water partition coefficient (Wildman–Crippen LogP) is 9.32. The van der Waals surface area contributed by atoms with Crippen molar-refractivity contribution in [3.05, 3.63) is 136 Å². The fourth-order valence-corrected chi connectivity index (χ4v) is 12.0. The SMILES string of the molecule is COc1cc2c(cc1-c1cccc(NC(=O)C3CCC(CNC(=O)[C@H](CS(=O)(=O)O)NC(=O)OCC4c5ccccc5-c5ccccc54)CC3)c1)-c1c(c(C(=O)N3CCOCC3(C)C)nn1-c1cc(Cl)cc(Cl)c1)CO2. The predicted molar refractivity (Wildman–Crippen MR) is 287 cm³/mol. The van der Waals surface area contributed by atoms with Crippen LogP contribution in [0.1, 0.15) is 72.6 Å². The van der Waals surface area contributed by atoms with Gasteiger partial charge in [0.2, 0.25) is 11.8 Å². The van der Waals surface area contributed by atoms with E-state index in [0.717, 1.165) is 27.8 Å². The number of anilines is 1. The highest BCUT2D eigenvalue weighted by Gasteiger charge is 2.40. The van der Waals surface area contributed by atoms with E-state index in [-0.39, 0.29) is 55.0 Å². The lowest BCUT2D eigenvalue weighted by Gasteiger charge is -2.41. The number of carbonyl (C=O) groups is 4. The van der Waals surface area contributed by atoms with Crippen molar-refractivity contribution in [2.45, 2.75) is 63.6 Å². The molecular weight excluding hydrogens is 1040 g/mol. The molecular formula is C56H56Cl2N6O11S. The maximum absolute atomic E-state index is 14.4. The van der Waals surface area contributed by atoms with E-state index < -0.39 is 39.5 Å². The highest BCUT2D eigenvalue weighted by atomic mass is 35.5. The zero-order chi connectivity index (χ0) is 53.5. The average Bonchev–Trinajstić information content (AvgIpc) is 3.97. The number of alkyl carbamates (subject to hydrolysis) is 1. The molecule has 4 amide bonds. The summed E-state index contributed by atoms with van der Waals surface area (Å²) in [5, 5.41) is 13.9. The Bertz CT molecular complexity index is 3310. The second-order valence-electron chi connectivity index (χ2n) is 20.2. The third kappa shape index (κ3) is 11.0. The molecule has 4 N–H and O–H groups in total. The number of methoxy groups -OCH3 is 1. The van der Waals surface area contributed by atoms with Crippen LogP contribution in [-0.4, -0.2) is 109 Å². The third-order valence-electron chi connectivity index (χ3n) is 14.7. The monoisotopic (exact) mass is 1090 g/mol. The highest BCUT2D eigenvalue weighted by Crippen LogP contribution is 2.48. The smallest absolute Gasteiger partial charge is 0.407 e. The highest BCUT2D eigenvalue weighted by molar-refractivity contribution is 7.85. The second kappa shape index (κ2) is 21.6. The summed E-state index contributed by atoms with van der Waals surface area (Å²) in [5.74, 6) is -1.87. The van der Waals surface area contributed by atoms with Crippen LogP contribution in [0.15, 0.2) is 103 Å². The van der Waals surface area contributed by atoms with Crippen LogP contribution in [0.4, 0.5) is 10.5 Å². The molecule has 6 aromatic rings. The summed E-state index contributed by atoms with van der Waals surface area (Å²) in [6.45, 7) is 5.24. The van der Waals surface area contributed by atoms with Crippen molar-refractivity contribution >= 4 is 62.8 Å². The molecule has 3 heterocycles. The van der Waals surface area contributed by atoms with Crippen molar-refractivity contribution in [2.24, 2.45) is 11.8 Å². The molecule has 1 atom stereocenters. The van der Waals surface area contributed by atoms with Gasteiger partial charge < -0.3 is 39.8 Å². The van der Waals surface area contributed by atoms with E-state index in [1.54, 1.807) is 47.0 Å². The second-order valence-corrected chi connectivity index (χ2v) is 22.5. The number of nitrogens with zero attached hydrogens (tertiary/aromatic N) is 3. The van der Waals surface area contributed by atoms with Gasteiger partial charge in [-0.3, -0.25) is 18.9 Å². The van der Waals surface area contributed by atoms with Gasteiger partial charge in [0, 0.05) is 63.4 Å². The number of ether oxygens (including phenoxy) is 4. The van der Waals surface area contributed by atoms with E-state index in [4.69, 9.17) is 47.2 Å². The molecule has 2 aliphatic heterocycles. The minimum absolute atomic E-state index is 0.0364. The van der Waals surface area contributed by atoms with Crippen LogP contribution in [0.3, 0.4) is 0 Å². The van der Waals surface area contributed by atoms with Crippen molar-refractivity contribution in [3.8, 4) is 50.7 Å². The van der Waals surface area contributed by atoms with Gasteiger partial charge in [0.25, 0.3) is 16.0 Å². The molecule has 17 nitrogen and oxygen atoms in total. The first-order valence-electron chi connectivity index (χ1n) is 25.0. The summed E-state index contributed by atoms with van der Waals surface area (Å²) in [5.41, 5.74) is 8.06. The first-order valence-corrected chi connectivity index (χ1v) is 27.4. The minimum atomic E-state index is -4.68. The van der Waals surface area contributed by atoms with Crippen molar-refractivity contribution < 1.29 is 51.1 Å². The van der Waals surface area contributed by atoms with Crippen molar-refractivity contribution in [1.82, 2.24) is 25.3 Å². The van der Waals surface area contributed by atoms with Gasteiger partial charge >= 0.3 is 6.09 Å². The molecule has 1 aromatic heterocycles. The molecule has 0 spiro atoms. The topological polar surface area (TPSA) is 217 Å². The summed E-state index contributed by atoms with van der Waals surface area (Å²) in [4.78, 5) is 56.5. The normalized spacial score (nSPS) is 17.9. The molecule has 76 heavy (non-hydrogen) atoms. The summed E-state index contributed by atoms with van der Waals surface area (Å²) in [6.07, 6.45) is 1.23. The first-order chi connectivity index (χ1) is 36.4. The Hall–Kier alpha value is -6.96. The lowest BCUT2D eigenvalue weighted by Crippen LogP contribution is -2.55. The van der Waals surface area contributed by atoms with Gasteiger partial charge in [-0.2, -0.15) is 13.5 Å². The molecule has 0 radical (unpaired) electrons. The van der Waals surface area contributed by atoms with Gasteiger partial charge in [-0.1, -0.05) is 83.9 Å². The fraction of sp³-hybridized carbons (Fsp3) is 0.339. The molecule has 0 unspecified atom stereocenters. The molecule has 2 aliphatic carbocycles.